The van der Waals surface area contributed by atoms with E-state index in [0.717, 1.165) is 0 Å². The number of amides is 3. The lowest BCUT2D eigenvalue weighted by Gasteiger charge is -2.29. The third-order valence-corrected chi connectivity index (χ3v) is 5.69. The van der Waals surface area contributed by atoms with Crippen LogP contribution in [0.1, 0.15) is 59.8 Å². The smallest absolute Gasteiger partial charge is 0.326 e. The van der Waals surface area contributed by atoms with Crippen LogP contribution in [0.15, 0.2) is 4.99 Å². The lowest BCUT2D eigenvalue weighted by molar-refractivity contribution is -0.144. The van der Waals surface area contributed by atoms with E-state index < -0.39 is 42.0 Å². The van der Waals surface area contributed by atoms with E-state index in [1.54, 1.807) is 13.8 Å². The first-order chi connectivity index (χ1) is 15.8. The van der Waals surface area contributed by atoms with Crippen molar-refractivity contribution in [2.24, 2.45) is 34.0 Å². The van der Waals surface area contributed by atoms with Crippen molar-refractivity contribution in [2.75, 3.05) is 13.1 Å². The van der Waals surface area contributed by atoms with Crippen LogP contribution in [0.25, 0.3) is 0 Å². The number of rotatable bonds is 13. The molecule has 0 spiro atoms. The second kappa shape index (κ2) is 13.7. The number of nitrogens with zero attached hydrogens (tertiary/aromatic N) is 2. The fourth-order valence-corrected chi connectivity index (χ4v) is 3.93. The highest BCUT2D eigenvalue weighted by molar-refractivity contribution is 5.94. The van der Waals surface area contributed by atoms with E-state index in [9.17, 15) is 24.3 Å². The fourth-order valence-electron chi connectivity index (χ4n) is 3.93. The highest BCUT2D eigenvalue weighted by Crippen LogP contribution is 2.20. The Morgan fingerprint density at radius 3 is 2.29 bits per heavy atom. The lowest BCUT2D eigenvalue weighted by atomic mass is 10.0. The summed E-state index contributed by atoms with van der Waals surface area (Å²) in [6, 6.07) is -3.55. The van der Waals surface area contributed by atoms with Crippen LogP contribution in [-0.2, 0) is 19.2 Å². The molecule has 0 aliphatic carbocycles. The second-order valence-electron chi connectivity index (χ2n) is 9.50. The van der Waals surface area contributed by atoms with E-state index in [4.69, 9.17) is 17.2 Å². The van der Waals surface area contributed by atoms with Gasteiger partial charge in [-0.3, -0.25) is 19.4 Å². The van der Waals surface area contributed by atoms with Crippen LogP contribution in [0, 0.1) is 11.8 Å². The van der Waals surface area contributed by atoms with Gasteiger partial charge in [-0.2, -0.15) is 0 Å². The van der Waals surface area contributed by atoms with Crippen molar-refractivity contribution in [3.05, 3.63) is 0 Å². The molecular weight excluding hydrogens is 442 g/mol. The zero-order valence-corrected chi connectivity index (χ0v) is 20.6. The molecule has 0 aromatic heterocycles. The molecule has 1 heterocycles. The van der Waals surface area contributed by atoms with Crippen LogP contribution < -0.4 is 27.8 Å². The average molecular weight is 484 g/mol. The zero-order valence-electron chi connectivity index (χ0n) is 20.6. The summed E-state index contributed by atoms with van der Waals surface area (Å²) in [5, 5.41) is 14.6. The van der Waals surface area contributed by atoms with Crippen molar-refractivity contribution in [2.45, 2.75) is 84.0 Å². The van der Waals surface area contributed by atoms with Crippen molar-refractivity contribution >= 4 is 29.7 Å². The fraction of sp³-hybridized carbons (Fsp3) is 0.773. The third kappa shape index (κ3) is 9.16. The molecule has 4 unspecified atom stereocenters. The van der Waals surface area contributed by atoms with Gasteiger partial charge in [0.25, 0.3) is 0 Å². The molecule has 0 saturated carbocycles. The Bertz CT molecular complexity index is 752. The Kier molecular flexibility index (Phi) is 11.8. The van der Waals surface area contributed by atoms with Crippen molar-refractivity contribution < 1.29 is 24.3 Å². The van der Waals surface area contributed by atoms with Gasteiger partial charge >= 0.3 is 5.97 Å². The minimum Gasteiger partial charge on any atom is -0.480 e. The molecule has 9 N–H and O–H groups in total. The summed E-state index contributed by atoms with van der Waals surface area (Å²) < 4.78 is 0. The van der Waals surface area contributed by atoms with Gasteiger partial charge in [0.2, 0.25) is 17.7 Å². The number of carbonyl (C=O) groups is 4. The number of carboxylic acids is 1. The van der Waals surface area contributed by atoms with Gasteiger partial charge in [-0.1, -0.05) is 27.7 Å². The number of carboxylic acid groups (broad SMARTS) is 1. The van der Waals surface area contributed by atoms with E-state index in [2.05, 4.69) is 15.6 Å². The molecule has 3 amide bonds. The topological polar surface area (TPSA) is 206 Å². The normalized spacial score (nSPS) is 18.3. The summed E-state index contributed by atoms with van der Waals surface area (Å²) in [6.45, 7) is 7.94. The predicted octanol–water partition coefficient (Wildman–Crippen LogP) is -0.885. The Morgan fingerprint density at radius 1 is 1.12 bits per heavy atom. The highest BCUT2D eigenvalue weighted by atomic mass is 16.4. The number of hydrogen-bond donors (Lipinski definition) is 6. The molecule has 1 rings (SSSR count). The summed E-state index contributed by atoms with van der Waals surface area (Å²) >= 11 is 0. The Labute approximate surface area is 201 Å². The van der Waals surface area contributed by atoms with Crippen LogP contribution in [0.5, 0.6) is 0 Å². The van der Waals surface area contributed by atoms with Crippen LogP contribution in [0.4, 0.5) is 0 Å². The molecule has 0 bridgehead atoms. The van der Waals surface area contributed by atoms with Crippen LogP contribution in [-0.4, -0.2) is 76.9 Å². The minimum absolute atomic E-state index is 0.0892. The molecule has 0 aromatic rings. The maximum atomic E-state index is 13.1. The third-order valence-electron chi connectivity index (χ3n) is 5.69. The van der Waals surface area contributed by atoms with Gasteiger partial charge in [0.05, 0.1) is 6.04 Å². The molecule has 12 nitrogen and oxygen atoms in total. The number of likely N-dealkylation sites (tertiary alicyclic amines) is 1. The van der Waals surface area contributed by atoms with Crippen LogP contribution in [0.3, 0.4) is 0 Å². The monoisotopic (exact) mass is 483 g/mol. The Hall–Kier alpha value is -2.89. The molecule has 1 aliphatic rings. The van der Waals surface area contributed by atoms with E-state index in [-0.39, 0.29) is 36.7 Å². The lowest BCUT2D eigenvalue weighted by Crippen LogP contribution is -2.57. The predicted molar refractivity (Wildman–Crippen MR) is 128 cm³/mol. The first-order valence-corrected chi connectivity index (χ1v) is 11.8. The summed E-state index contributed by atoms with van der Waals surface area (Å²) in [4.78, 5) is 55.7. The maximum Gasteiger partial charge on any atom is 0.326 e. The maximum absolute atomic E-state index is 13.1. The number of guanidine groups is 1. The number of aliphatic carboxylic acids is 1. The zero-order chi connectivity index (χ0) is 26.0. The van der Waals surface area contributed by atoms with Gasteiger partial charge in [0.15, 0.2) is 5.96 Å². The van der Waals surface area contributed by atoms with Crippen LogP contribution in [0.2, 0.25) is 0 Å². The molecule has 0 radical (unpaired) electrons. The number of hydrogen-bond acceptors (Lipinski definition) is 6. The van der Waals surface area contributed by atoms with E-state index in [1.807, 2.05) is 13.8 Å². The first-order valence-electron chi connectivity index (χ1n) is 11.8. The SMILES string of the molecule is CC(C)CC(N)C(=O)N1CCCC1C(=O)NC(CCCN=C(N)N)C(=O)NC(C(=O)O)C(C)C. The highest BCUT2D eigenvalue weighted by Gasteiger charge is 2.38. The number of aliphatic imine (C=N–C) groups is 1. The van der Waals surface area contributed by atoms with Crippen molar-refractivity contribution in [1.29, 1.82) is 0 Å². The second-order valence-corrected chi connectivity index (χ2v) is 9.50. The summed E-state index contributed by atoms with van der Waals surface area (Å²) in [5.41, 5.74) is 16.7. The van der Waals surface area contributed by atoms with Crippen LogP contribution >= 0.6 is 0 Å². The van der Waals surface area contributed by atoms with Crippen molar-refractivity contribution in [1.82, 2.24) is 15.5 Å². The molecule has 194 valence electrons. The molecule has 1 saturated heterocycles. The minimum atomic E-state index is -1.17. The molecule has 1 fully saturated rings. The van der Waals surface area contributed by atoms with Gasteiger partial charge in [-0.25, -0.2) is 4.79 Å². The van der Waals surface area contributed by atoms with E-state index >= 15 is 0 Å². The Balaban J connectivity index is 2.95. The number of nitrogens with one attached hydrogen (secondary N) is 2. The molecule has 1 aliphatic heterocycles. The molecule has 34 heavy (non-hydrogen) atoms. The van der Waals surface area contributed by atoms with Gasteiger partial charge < -0.3 is 37.8 Å². The van der Waals surface area contributed by atoms with Gasteiger partial charge in [0.1, 0.15) is 18.1 Å². The quantitative estimate of drug-likeness (QED) is 0.110. The van der Waals surface area contributed by atoms with Crippen molar-refractivity contribution in [3.8, 4) is 0 Å². The number of nitrogens with two attached hydrogens (primary N) is 3. The molecule has 0 aromatic carbocycles. The van der Waals surface area contributed by atoms with E-state index in [0.29, 0.717) is 32.2 Å². The standard InChI is InChI=1S/C22H41N7O5/c1-12(2)11-14(23)20(32)29-10-6-8-16(29)19(31)27-15(7-5-9-26-22(24)25)18(30)28-17(13(3)4)21(33)34/h12-17H,5-11,23H2,1-4H3,(H,27,31)(H,28,30)(H,33,34)(H4,24,25,26). The summed E-state index contributed by atoms with van der Waals surface area (Å²) in [7, 11) is 0. The average Bonchev–Trinajstić information content (AvgIpc) is 3.22. The summed E-state index contributed by atoms with van der Waals surface area (Å²) in [5.74, 6) is -2.76. The first kappa shape index (κ1) is 29.1. The number of carbonyl (C=O) groups excluding carboxylic acids is 3. The van der Waals surface area contributed by atoms with Crippen molar-refractivity contribution in [3.63, 3.8) is 0 Å². The van der Waals surface area contributed by atoms with Gasteiger partial charge in [0, 0.05) is 13.1 Å². The molecule has 12 heteroatoms. The molecule has 4 atom stereocenters. The van der Waals surface area contributed by atoms with Gasteiger partial charge in [-0.15, -0.1) is 0 Å². The Morgan fingerprint density at radius 2 is 1.76 bits per heavy atom. The molecular formula is C22H41N7O5. The summed E-state index contributed by atoms with van der Waals surface area (Å²) in [6.07, 6.45) is 2.17. The van der Waals surface area contributed by atoms with E-state index in [1.165, 1.54) is 4.90 Å². The largest absolute Gasteiger partial charge is 0.480 e. The van der Waals surface area contributed by atoms with Gasteiger partial charge in [-0.05, 0) is 43.9 Å².